The van der Waals surface area contributed by atoms with Crippen LogP contribution in [0.25, 0.3) is 10.8 Å². The third-order valence-electron chi connectivity index (χ3n) is 4.98. The van der Waals surface area contributed by atoms with Gasteiger partial charge in [-0.15, -0.1) is 0 Å². The highest BCUT2D eigenvalue weighted by Gasteiger charge is 2.26. The van der Waals surface area contributed by atoms with Crippen LogP contribution in [0.4, 0.5) is 0 Å². The first-order valence-corrected chi connectivity index (χ1v) is 11.2. The lowest BCUT2D eigenvalue weighted by Crippen LogP contribution is -2.35. The molecule has 152 valence electrons. The fourth-order valence-electron chi connectivity index (χ4n) is 3.34. The Labute approximate surface area is 172 Å². The Morgan fingerprint density at radius 1 is 0.966 bits per heavy atom. The fourth-order valence-corrected chi connectivity index (χ4v) is 4.36. The third kappa shape index (κ3) is 5.22. The summed E-state index contributed by atoms with van der Waals surface area (Å²) in [5.74, 6) is -1.05. The predicted octanol–water partition coefficient (Wildman–Crippen LogP) is 3.74. The van der Waals surface area contributed by atoms with Gasteiger partial charge in [-0.3, -0.25) is 4.79 Å². The van der Waals surface area contributed by atoms with Crippen LogP contribution in [0.2, 0.25) is 0 Å². The molecule has 0 heterocycles. The number of carbonyl (C=O) groups excluding carboxylic acids is 1. The third-order valence-corrected chi connectivity index (χ3v) is 6.34. The van der Waals surface area contributed by atoms with E-state index < -0.39 is 21.8 Å². The van der Waals surface area contributed by atoms with Gasteiger partial charge >= 0.3 is 0 Å². The molecule has 29 heavy (non-hydrogen) atoms. The zero-order chi connectivity index (χ0) is 20.9. The summed E-state index contributed by atoms with van der Waals surface area (Å²) in [4.78, 5) is 13.1. The molecule has 0 aromatic heterocycles. The average molecular weight is 411 g/mol. The Kier molecular flexibility index (Phi) is 6.67. The number of hydrogen-bond acceptors (Lipinski definition) is 4. The molecule has 1 unspecified atom stereocenters. The van der Waals surface area contributed by atoms with Crippen LogP contribution >= 0.6 is 0 Å². The minimum Gasteiger partial charge on any atom is -0.320 e. The molecule has 0 radical (unpaired) electrons. The van der Waals surface area contributed by atoms with Crippen molar-refractivity contribution in [2.45, 2.75) is 30.6 Å². The molecule has 3 aromatic carbocycles. The average Bonchev–Trinajstić information content (AvgIpc) is 2.71. The van der Waals surface area contributed by atoms with E-state index in [2.05, 4.69) is 10.0 Å². The van der Waals surface area contributed by atoms with E-state index in [1.165, 1.54) is 12.1 Å². The molecule has 2 N–H and O–H groups in total. The van der Waals surface area contributed by atoms with E-state index in [9.17, 15) is 13.2 Å². The number of aryl methyl sites for hydroxylation is 1. The van der Waals surface area contributed by atoms with Crippen LogP contribution in [0.3, 0.4) is 0 Å². The molecule has 0 saturated carbocycles. The number of carbonyl (C=O) groups is 1. The van der Waals surface area contributed by atoms with Crippen molar-refractivity contribution in [3.63, 3.8) is 0 Å². The Morgan fingerprint density at radius 2 is 1.66 bits per heavy atom. The molecule has 0 aliphatic rings. The first kappa shape index (κ1) is 21.0. The van der Waals surface area contributed by atoms with Crippen molar-refractivity contribution in [3.05, 3.63) is 77.9 Å². The van der Waals surface area contributed by atoms with Crippen molar-refractivity contribution in [2.24, 2.45) is 0 Å². The number of amides is 1. The van der Waals surface area contributed by atoms with Crippen LogP contribution in [-0.2, 0) is 14.8 Å². The van der Waals surface area contributed by atoms with Gasteiger partial charge in [0.25, 0.3) is 10.0 Å². The Morgan fingerprint density at radius 3 is 2.34 bits per heavy atom. The summed E-state index contributed by atoms with van der Waals surface area (Å²) >= 11 is 0. The van der Waals surface area contributed by atoms with Gasteiger partial charge in [-0.1, -0.05) is 60.2 Å². The number of sulfonamides is 1. The van der Waals surface area contributed by atoms with E-state index >= 15 is 0 Å². The highest BCUT2D eigenvalue weighted by molar-refractivity contribution is 7.90. The fraction of sp³-hybridized carbons (Fsp3) is 0.261. The molecule has 0 aliphatic heterocycles. The lowest BCUT2D eigenvalue weighted by atomic mass is 9.92. The van der Waals surface area contributed by atoms with Crippen molar-refractivity contribution < 1.29 is 13.2 Å². The second kappa shape index (κ2) is 9.20. The molecule has 3 aromatic rings. The summed E-state index contributed by atoms with van der Waals surface area (Å²) in [5, 5.41) is 5.18. The van der Waals surface area contributed by atoms with E-state index in [-0.39, 0.29) is 4.90 Å². The van der Waals surface area contributed by atoms with E-state index in [1.54, 1.807) is 12.1 Å². The van der Waals surface area contributed by atoms with Crippen LogP contribution in [-0.4, -0.2) is 27.9 Å². The molecule has 0 fully saturated rings. The summed E-state index contributed by atoms with van der Waals surface area (Å²) < 4.78 is 27.7. The minimum atomic E-state index is -3.92. The quantitative estimate of drug-likeness (QED) is 0.555. The maximum atomic E-state index is 13.0. The molecular weight excluding hydrogens is 384 g/mol. The Hall–Kier alpha value is -2.70. The molecule has 6 heteroatoms. The predicted molar refractivity (Wildman–Crippen MR) is 116 cm³/mol. The summed E-state index contributed by atoms with van der Waals surface area (Å²) in [6.07, 6.45) is 1.31. The molecule has 1 atom stereocenters. The van der Waals surface area contributed by atoms with E-state index in [1.807, 2.05) is 56.4 Å². The van der Waals surface area contributed by atoms with Crippen molar-refractivity contribution >= 4 is 26.7 Å². The number of rotatable bonds is 8. The SMILES string of the molecule is CNCCCC(C(=O)NS(=O)(=O)c1ccc(C)cc1)c1ccc2ccccc2c1. The second-order valence-corrected chi connectivity index (χ2v) is 8.87. The van der Waals surface area contributed by atoms with E-state index in [4.69, 9.17) is 0 Å². The van der Waals surface area contributed by atoms with Gasteiger partial charge in [0, 0.05) is 0 Å². The van der Waals surface area contributed by atoms with Gasteiger partial charge in [-0.2, -0.15) is 0 Å². The van der Waals surface area contributed by atoms with Gasteiger partial charge in [0.2, 0.25) is 5.91 Å². The van der Waals surface area contributed by atoms with Crippen molar-refractivity contribution in [3.8, 4) is 0 Å². The van der Waals surface area contributed by atoms with Gasteiger partial charge in [0.15, 0.2) is 0 Å². The number of fused-ring (bicyclic) bond motifs is 1. The summed E-state index contributed by atoms with van der Waals surface area (Å²) in [6.45, 7) is 2.63. The van der Waals surface area contributed by atoms with Crippen molar-refractivity contribution in [1.82, 2.24) is 10.0 Å². The molecule has 0 bridgehead atoms. The van der Waals surface area contributed by atoms with Crippen LogP contribution < -0.4 is 10.0 Å². The lowest BCUT2D eigenvalue weighted by molar-refractivity contribution is -0.121. The van der Waals surface area contributed by atoms with Crippen molar-refractivity contribution in [2.75, 3.05) is 13.6 Å². The first-order chi connectivity index (χ1) is 13.9. The smallest absolute Gasteiger partial charge is 0.264 e. The van der Waals surface area contributed by atoms with Gasteiger partial charge in [0.05, 0.1) is 10.8 Å². The number of nitrogens with one attached hydrogen (secondary N) is 2. The topological polar surface area (TPSA) is 75.3 Å². The van der Waals surface area contributed by atoms with Crippen LogP contribution in [0, 0.1) is 6.92 Å². The van der Waals surface area contributed by atoms with E-state index in [0.29, 0.717) is 6.42 Å². The van der Waals surface area contributed by atoms with Crippen LogP contribution in [0.15, 0.2) is 71.6 Å². The Balaban J connectivity index is 1.88. The number of benzene rings is 3. The van der Waals surface area contributed by atoms with Gasteiger partial charge in [-0.25, -0.2) is 13.1 Å². The minimum absolute atomic E-state index is 0.0870. The molecule has 1 amide bonds. The van der Waals surface area contributed by atoms with Crippen LogP contribution in [0.1, 0.15) is 29.9 Å². The van der Waals surface area contributed by atoms with Gasteiger partial charge < -0.3 is 5.32 Å². The highest BCUT2D eigenvalue weighted by Crippen LogP contribution is 2.26. The molecule has 5 nitrogen and oxygen atoms in total. The molecule has 0 saturated heterocycles. The van der Waals surface area contributed by atoms with Crippen LogP contribution in [0.5, 0.6) is 0 Å². The standard InChI is InChI=1S/C23H26N2O3S/c1-17-9-13-21(14-10-17)29(27,28)25-23(26)22(8-5-15-24-2)20-12-11-18-6-3-4-7-19(18)16-20/h3-4,6-7,9-14,16,22,24H,5,8,15H2,1-2H3,(H,25,26). The molecule has 0 aliphatic carbocycles. The molecular formula is C23H26N2O3S. The number of hydrogen-bond donors (Lipinski definition) is 2. The largest absolute Gasteiger partial charge is 0.320 e. The summed E-state index contributed by atoms with van der Waals surface area (Å²) in [6, 6.07) is 20.2. The Bertz CT molecular complexity index is 1090. The summed E-state index contributed by atoms with van der Waals surface area (Å²) in [7, 11) is -2.06. The zero-order valence-corrected chi connectivity index (χ0v) is 17.5. The van der Waals surface area contributed by atoms with Gasteiger partial charge in [-0.05, 0) is 61.8 Å². The van der Waals surface area contributed by atoms with E-state index in [0.717, 1.165) is 34.9 Å². The maximum absolute atomic E-state index is 13.0. The second-order valence-electron chi connectivity index (χ2n) is 7.19. The first-order valence-electron chi connectivity index (χ1n) is 9.67. The van der Waals surface area contributed by atoms with Gasteiger partial charge in [0.1, 0.15) is 0 Å². The monoisotopic (exact) mass is 410 g/mol. The maximum Gasteiger partial charge on any atom is 0.264 e. The lowest BCUT2D eigenvalue weighted by Gasteiger charge is -2.18. The normalized spacial score (nSPS) is 12.6. The highest BCUT2D eigenvalue weighted by atomic mass is 32.2. The molecule has 0 spiro atoms. The zero-order valence-electron chi connectivity index (χ0n) is 16.7. The van der Waals surface area contributed by atoms with Crippen molar-refractivity contribution in [1.29, 1.82) is 0 Å². The summed E-state index contributed by atoms with van der Waals surface area (Å²) in [5.41, 5.74) is 1.77. The molecule has 3 rings (SSSR count).